The Balaban J connectivity index is 1.96. The molecule has 1 aliphatic rings. The fraction of sp³-hybridized carbons (Fsp3) is 0.692. The number of aromatic nitrogens is 2. The first-order valence-electron chi connectivity index (χ1n) is 6.60. The molecule has 17 heavy (non-hydrogen) atoms. The first-order valence-corrected chi connectivity index (χ1v) is 6.60. The molecule has 0 radical (unpaired) electrons. The lowest BCUT2D eigenvalue weighted by Crippen LogP contribution is -2.39. The molecule has 4 heteroatoms. The monoisotopic (exact) mass is 234 g/mol. The highest BCUT2D eigenvalue weighted by Crippen LogP contribution is 2.23. The Bertz CT molecular complexity index is 308. The summed E-state index contributed by atoms with van der Waals surface area (Å²) >= 11 is 0. The maximum absolute atomic E-state index is 5.71. The molecular weight excluding hydrogens is 212 g/mol. The molecule has 1 aromatic heterocycles. The minimum atomic E-state index is 0.677. The van der Waals surface area contributed by atoms with Crippen LogP contribution in [0.2, 0.25) is 0 Å². The van der Waals surface area contributed by atoms with Crippen LogP contribution in [-0.4, -0.2) is 34.0 Å². The van der Waals surface area contributed by atoms with Crippen LogP contribution < -0.4 is 5.73 Å². The summed E-state index contributed by atoms with van der Waals surface area (Å²) in [5.41, 5.74) is 5.71. The van der Waals surface area contributed by atoms with Crippen molar-refractivity contribution in [3.05, 3.63) is 24.3 Å². The van der Waals surface area contributed by atoms with Crippen LogP contribution in [-0.2, 0) is 6.54 Å². The van der Waals surface area contributed by atoms with Gasteiger partial charge < -0.3 is 5.73 Å². The van der Waals surface area contributed by atoms with Gasteiger partial charge in [0, 0.05) is 31.5 Å². The zero-order valence-corrected chi connectivity index (χ0v) is 10.4. The Kier molecular flexibility index (Phi) is 4.88. The van der Waals surface area contributed by atoms with Gasteiger partial charge in [-0.25, -0.2) is 9.97 Å². The van der Waals surface area contributed by atoms with Gasteiger partial charge in [0.1, 0.15) is 5.82 Å². The van der Waals surface area contributed by atoms with Crippen molar-refractivity contribution in [2.75, 3.05) is 13.1 Å². The number of hydrogen-bond acceptors (Lipinski definition) is 4. The van der Waals surface area contributed by atoms with Crippen LogP contribution >= 0.6 is 0 Å². The molecular formula is C13H22N4. The van der Waals surface area contributed by atoms with Crippen LogP contribution in [0.3, 0.4) is 0 Å². The zero-order valence-electron chi connectivity index (χ0n) is 10.4. The summed E-state index contributed by atoms with van der Waals surface area (Å²) in [7, 11) is 0. The number of nitrogens with two attached hydrogens (primary N) is 1. The van der Waals surface area contributed by atoms with E-state index >= 15 is 0 Å². The largest absolute Gasteiger partial charge is 0.329 e. The third-order valence-electron chi connectivity index (χ3n) is 3.47. The standard InChI is InChI=1S/C13H22N4/c14-7-10-17(12-5-2-1-3-6-12)11-13-15-8-4-9-16-13/h4,8-9,12H,1-3,5-7,10-11,14H2. The van der Waals surface area contributed by atoms with Crippen molar-refractivity contribution in [1.29, 1.82) is 0 Å². The molecule has 94 valence electrons. The Morgan fingerprint density at radius 2 is 1.88 bits per heavy atom. The molecule has 1 heterocycles. The third-order valence-corrected chi connectivity index (χ3v) is 3.47. The molecule has 0 aliphatic heterocycles. The maximum Gasteiger partial charge on any atom is 0.142 e. The van der Waals surface area contributed by atoms with Crippen molar-refractivity contribution in [2.45, 2.75) is 44.7 Å². The van der Waals surface area contributed by atoms with Crippen molar-refractivity contribution < 1.29 is 0 Å². The Labute approximate surface area is 103 Å². The van der Waals surface area contributed by atoms with Gasteiger partial charge in [-0.1, -0.05) is 19.3 Å². The van der Waals surface area contributed by atoms with Gasteiger partial charge in [-0.15, -0.1) is 0 Å². The van der Waals surface area contributed by atoms with Crippen molar-refractivity contribution in [1.82, 2.24) is 14.9 Å². The molecule has 1 aliphatic carbocycles. The average Bonchev–Trinajstić information content (AvgIpc) is 2.40. The van der Waals surface area contributed by atoms with Gasteiger partial charge >= 0.3 is 0 Å². The van der Waals surface area contributed by atoms with Gasteiger partial charge in [-0.05, 0) is 18.9 Å². The van der Waals surface area contributed by atoms with E-state index < -0.39 is 0 Å². The predicted molar refractivity (Wildman–Crippen MR) is 68.4 cm³/mol. The fourth-order valence-corrected chi connectivity index (χ4v) is 2.60. The van der Waals surface area contributed by atoms with Crippen LogP contribution in [0.4, 0.5) is 0 Å². The molecule has 2 rings (SSSR count). The second-order valence-corrected chi connectivity index (χ2v) is 4.72. The van der Waals surface area contributed by atoms with Crippen molar-refractivity contribution in [2.24, 2.45) is 5.73 Å². The lowest BCUT2D eigenvalue weighted by molar-refractivity contribution is 0.149. The normalized spacial score (nSPS) is 17.5. The van der Waals surface area contributed by atoms with Crippen LogP contribution in [0.5, 0.6) is 0 Å². The van der Waals surface area contributed by atoms with E-state index in [4.69, 9.17) is 5.73 Å². The van der Waals surface area contributed by atoms with E-state index in [1.165, 1.54) is 32.1 Å². The Hall–Kier alpha value is -1.00. The molecule has 0 atom stereocenters. The van der Waals surface area contributed by atoms with Crippen LogP contribution in [0.15, 0.2) is 18.5 Å². The Morgan fingerprint density at radius 1 is 1.18 bits per heavy atom. The highest BCUT2D eigenvalue weighted by molar-refractivity contribution is 4.90. The van der Waals surface area contributed by atoms with E-state index in [1.807, 2.05) is 18.5 Å². The van der Waals surface area contributed by atoms with E-state index in [0.29, 0.717) is 12.6 Å². The van der Waals surface area contributed by atoms with Gasteiger partial charge in [0.05, 0.1) is 6.54 Å². The van der Waals surface area contributed by atoms with Gasteiger partial charge in [0.2, 0.25) is 0 Å². The maximum atomic E-state index is 5.71. The summed E-state index contributed by atoms with van der Waals surface area (Å²) in [6, 6.07) is 2.54. The van der Waals surface area contributed by atoms with Crippen molar-refractivity contribution in [3.8, 4) is 0 Å². The fourth-order valence-electron chi connectivity index (χ4n) is 2.60. The third kappa shape index (κ3) is 3.75. The van der Waals surface area contributed by atoms with E-state index in [0.717, 1.165) is 18.9 Å². The predicted octanol–water partition coefficient (Wildman–Crippen LogP) is 1.57. The van der Waals surface area contributed by atoms with Crippen LogP contribution in [0, 0.1) is 0 Å². The van der Waals surface area contributed by atoms with Gasteiger partial charge in [0.25, 0.3) is 0 Å². The summed E-state index contributed by atoms with van der Waals surface area (Å²) in [4.78, 5) is 11.1. The SMILES string of the molecule is NCCN(Cc1ncccn1)C1CCCCC1. The van der Waals surface area contributed by atoms with Gasteiger partial charge in [-0.2, -0.15) is 0 Å². The smallest absolute Gasteiger partial charge is 0.142 e. The molecule has 4 nitrogen and oxygen atoms in total. The van der Waals surface area contributed by atoms with E-state index in [-0.39, 0.29) is 0 Å². The molecule has 0 saturated heterocycles. The first-order chi connectivity index (χ1) is 8.40. The zero-order chi connectivity index (χ0) is 11.9. The van der Waals surface area contributed by atoms with Crippen molar-refractivity contribution >= 4 is 0 Å². The van der Waals surface area contributed by atoms with Crippen LogP contribution in [0.1, 0.15) is 37.9 Å². The number of nitrogens with zero attached hydrogens (tertiary/aromatic N) is 3. The quantitative estimate of drug-likeness (QED) is 0.840. The molecule has 1 aromatic rings. The summed E-state index contributed by atoms with van der Waals surface area (Å²) in [6.07, 6.45) is 10.3. The molecule has 0 amide bonds. The minimum absolute atomic E-state index is 0.677. The summed E-state index contributed by atoms with van der Waals surface area (Å²) in [5, 5.41) is 0. The van der Waals surface area contributed by atoms with E-state index in [2.05, 4.69) is 14.9 Å². The summed E-state index contributed by atoms with van der Waals surface area (Å²) in [5.74, 6) is 0.909. The summed E-state index contributed by atoms with van der Waals surface area (Å²) < 4.78 is 0. The number of rotatable bonds is 5. The molecule has 0 bridgehead atoms. The van der Waals surface area contributed by atoms with E-state index in [9.17, 15) is 0 Å². The van der Waals surface area contributed by atoms with Crippen molar-refractivity contribution in [3.63, 3.8) is 0 Å². The van der Waals surface area contributed by atoms with Gasteiger partial charge in [0.15, 0.2) is 0 Å². The first kappa shape index (κ1) is 12.5. The second-order valence-electron chi connectivity index (χ2n) is 4.72. The molecule has 2 N–H and O–H groups in total. The number of hydrogen-bond donors (Lipinski definition) is 1. The molecule has 1 saturated carbocycles. The molecule has 0 aromatic carbocycles. The lowest BCUT2D eigenvalue weighted by atomic mass is 9.94. The molecule has 0 unspecified atom stereocenters. The van der Waals surface area contributed by atoms with Gasteiger partial charge in [-0.3, -0.25) is 4.90 Å². The highest BCUT2D eigenvalue weighted by atomic mass is 15.2. The van der Waals surface area contributed by atoms with E-state index in [1.54, 1.807) is 0 Å². The minimum Gasteiger partial charge on any atom is -0.329 e. The second kappa shape index (κ2) is 6.67. The molecule has 1 fully saturated rings. The molecule has 0 spiro atoms. The average molecular weight is 234 g/mol. The van der Waals surface area contributed by atoms with Crippen LogP contribution in [0.25, 0.3) is 0 Å². The highest BCUT2D eigenvalue weighted by Gasteiger charge is 2.21. The Morgan fingerprint density at radius 3 is 2.53 bits per heavy atom. The summed E-state index contributed by atoms with van der Waals surface area (Å²) in [6.45, 7) is 2.50. The lowest BCUT2D eigenvalue weighted by Gasteiger charge is -2.33. The topological polar surface area (TPSA) is 55.0 Å².